The lowest BCUT2D eigenvalue weighted by Gasteiger charge is -2.45. The van der Waals surface area contributed by atoms with Crippen LogP contribution in [-0.2, 0) is 5.41 Å². The van der Waals surface area contributed by atoms with Crippen LogP contribution in [-0.4, -0.2) is 47.1 Å². The van der Waals surface area contributed by atoms with Crippen LogP contribution in [0.15, 0.2) is 6.07 Å². The van der Waals surface area contributed by atoms with E-state index in [0.29, 0.717) is 5.82 Å². The lowest BCUT2D eigenvalue weighted by Crippen LogP contribution is -2.58. The summed E-state index contributed by atoms with van der Waals surface area (Å²) in [7, 11) is 2.17. The van der Waals surface area contributed by atoms with E-state index in [4.69, 9.17) is 10.8 Å². The van der Waals surface area contributed by atoms with Gasteiger partial charge in [0, 0.05) is 36.7 Å². The molecule has 2 rings (SSSR count). The molecule has 6 heteroatoms. The van der Waals surface area contributed by atoms with Crippen LogP contribution in [0.25, 0.3) is 0 Å². The molecular formula is C15H28N6. The maximum Gasteiger partial charge on any atom is 0.145 e. The number of nitrogens with two attached hydrogens (primary N) is 1. The van der Waals surface area contributed by atoms with Crippen molar-refractivity contribution in [2.45, 2.75) is 45.6 Å². The van der Waals surface area contributed by atoms with Gasteiger partial charge >= 0.3 is 0 Å². The van der Waals surface area contributed by atoms with Crippen molar-refractivity contribution in [3.8, 4) is 0 Å². The number of likely N-dealkylation sites (N-methyl/N-ethyl adjacent to an activating group) is 1. The van der Waals surface area contributed by atoms with Crippen molar-refractivity contribution in [3.05, 3.63) is 11.9 Å². The highest BCUT2D eigenvalue weighted by Crippen LogP contribution is 2.27. The molecule has 3 N–H and O–H groups in total. The van der Waals surface area contributed by atoms with Gasteiger partial charge in [-0.2, -0.15) is 0 Å². The van der Waals surface area contributed by atoms with Crippen molar-refractivity contribution >= 4 is 11.6 Å². The molecule has 21 heavy (non-hydrogen) atoms. The Morgan fingerprint density at radius 2 is 1.90 bits per heavy atom. The monoisotopic (exact) mass is 292 g/mol. The number of aromatic nitrogens is 2. The van der Waals surface area contributed by atoms with Crippen molar-refractivity contribution in [2.24, 2.45) is 5.84 Å². The van der Waals surface area contributed by atoms with Gasteiger partial charge in [0.25, 0.3) is 0 Å². The molecule has 0 spiro atoms. The molecule has 0 atom stereocenters. The van der Waals surface area contributed by atoms with E-state index in [0.717, 1.165) is 31.3 Å². The summed E-state index contributed by atoms with van der Waals surface area (Å²) in [6.07, 6.45) is 0. The van der Waals surface area contributed by atoms with Gasteiger partial charge in [-0.3, -0.25) is 4.90 Å². The summed E-state index contributed by atoms with van der Waals surface area (Å²) in [4.78, 5) is 14.0. The molecule has 1 aromatic rings. The van der Waals surface area contributed by atoms with E-state index in [1.165, 1.54) is 0 Å². The van der Waals surface area contributed by atoms with Gasteiger partial charge in [-0.25, -0.2) is 15.8 Å². The van der Waals surface area contributed by atoms with Crippen molar-refractivity contribution in [2.75, 3.05) is 37.0 Å². The minimum Gasteiger partial charge on any atom is -0.353 e. The number of hydrazine groups is 1. The minimum absolute atomic E-state index is 0.107. The lowest BCUT2D eigenvalue weighted by atomic mass is 9.95. The largest absolute Gasteiger partial charge is 0.353 e. The van der Waals surface area contributed by atoms with Crippen LogP contribution in [0.2, 0.25) is 0 Å². The van der Waals surface area contributed by atoms with E-state index < -0.39 is 0 Å². The molecule has 0 bridgehead atoms. The Labute approximate surface area is 127 Å². The van der Waals surface area contributed by atoms with Crippen molar-refractivity contribution in [3.63, 3.8) is 0 Å². The number of nitrogen functional groups attached to an aromatic ring is 1. The number of piperazine rings is 1. The topological polar surface area (TPSA) is 70.3 Å². The first kappa shape index (κ1) is 16.0. The van der Waals surface area contributed by atoms with Crippen LogP contribution >= 0.6 is 0 Å². The Bertz CT molecular complexity index is 505. The fourth-order valence-corrected chi connectivity index (χ4v) is 2.44. The molecule has 0 saturated carbocycles. The van der Waals surface area contributed by atoms with Gasteiger partial charge < -0.3 is 10.3 Å². The van der Waals surface area contributed by atoms with Gasteiger partial charge in [0.2, 0.25) is 0 Å². The summed E-state index contributed by atoms with van der Waals surface area (Å²) in [6, 6.07) is 1.93. The van der Waals surface area contributed by atoms with Gasteiger partial charge in [0.05, 0.1) is 0 Å². The van der Waals surface area contributed by atoms with Gasteiger partial charge in [-0.1, -0.05) is 20.8 Å². The summed E-state index contributed by atoms with van der Waals surface area (Å²) < 4.78 is 0. The summed E-state index contributed by atoms with van der Waals surface area (Å²) in [5.74, 6) is 8.00. The van der Waals surface area contributed by atoms with Crippen molar-refractivity contribution in [1.82, 2.24) is 14.9 Å². The second-order valence-corrected chi connectivity index (χ2v) is 7.48. The summed E-state index contributed by atoms with van der Waals surface area (Å²) in [6.45, 7) is 13.8. The van der Waals surface area contributed by atoms with Crippen LogP contribution in [0.1, 0.15) is 40.4 Å². The molecule has 0 aromatic carbocycles. The van der Waals surface area contributed by atoms with Crippen molar-refractivity contribution < 1.29 is 0 Å². The van der Waals surface area contributed by atoms with E-state index >= 15 is 0 Å². The Balaban J connectivity index is 2.35. The molecule has 0 radical (unpaired) electrons. The van der Waals surface area contributed by atoms with Crippen molar-refractivity contribution in [1.29, 1.82) is 0 Å². The van der Waals surface area contributed by atoms with Gasteiger partial charge in [0.15, 0.2) is 0 Å². The van der Waals surface area contributed by atoms with Gasteiger partial charge in [0.1, 0.15) is 17.5 Å². The van der Waals surface area contributed by atoms with Crippen LogP contribution in [0.5, 0.6) is 0 Å². The summed E-state index contributed by atoms with van der Waals surface area (Å²) >= 11 is 0. The molecule has 2 heterocycles. The molecule has 1 fully saturated rings. The highest BCUT2D eigenvalue weighted by molar-refractivity contribution is 5.50. The zero-order valence-electron chi connectivity index (χ0n) is 14.1. The zero-order chi connectivity index (χ0) is 15.8. The molecule has 1 aliphatic heterocycles. The van der Waals surface area contributed by atoms with Crippen LogP contribution in [0.4, 0.5) is 11.6 Å². The molecule has 0 aliphatic carbocycles. The maximum atomic E-state index is 5.57. The molecule has 6 nitrogen and oxygen atoms in total. The van der Waals surface area contributed by atoms with Crippen LogP contribution < -0.4 is 16.2 Å². The van der Waals surface area contributed by atoms with Crippen LogP contribution in [0, 0.1) is 0 Å². The lowest BCUT2D eigenvalue weighted by molar-refractivity contribution is 0.138. The second-order valence-electron chi connectivity index (χ2n) is 7.48. The Kier molecular flexibility index (Phi) is 4.13. The molecule has 1 aromatic heterocycles. The highest BCUT2D eigenvalue weighted by atomic mass is 15.3. The number of hydrogen-bond donors (Lipinski definition) is 2. The summed E-state index contributed by atoms with van der Waals surface area (Å²) in [5.41, 5.74) is 2.68. The normalized spacial score (nSPS) is 19.7. The van der Waals surface area contributed by atoms with E-state index in [1.807, 2.05) is 6.07 Å². The Morgan fingerprint density at radius 1 is 1.24 bits per heavy atom. The van der Waals surface area contributed by atoms with Gasteiger partial charge in [-0.05, 0) is 20.9 Å². The maximum absolute atomic E-state index is 5.57. The van der Waals surface area contributed by atoms with Gasteiger partial charge in [-0.15, -0.1) is 0 Å². The molecule has 1 saturated heterocycles. The first-order chi connectivity index (χ1) is 9.63. The summed E-state index contributed by atoms with van der Waals surface area (Å²) in [5, 5.41) is 0. The van der Waals surface area contributed by atoms with E-state index in [-0.39, 0.29) is 11.0 Å². The standard InChI is InChI=1S/C15H28N6/c1-14(2,3)13-17-11(19-16)9-12(18-13)21-8-7-20(6)15(4,5)10-21/h9H,7-8,10,16H2,1-6H3,(H,17,18,19). The fraction of sp³-hybridized carbons (Fsp3) is 0.733. The molecular weight excluding hydrogens is 264 g/mol. The van der Waals surface area contributed by atoms with E-state index in [9.17, 15) is 0 Å². The van der Waals surface area contributed by atoms with Crippen LogP contribution in [0.3, 0.4) is 0 Å². The molecule has 1 aliphatic rings. The first-order valence-corrected chi connectivity index (χ1v) is 7.46. The minimum atomic E-state index is -0.107. The Morgan fingerprint density at radius 3 is 2.43 bits per heavy atom. The molecule has 0 unspecified atom stereocenters. The number of rotatable bonds is 2. The molecule has 118 valence electrons. The number of hydrogen-bond acceptors (Lipinski definition) is 6. The smallest absolute Gasteiger partial charge is 0.145 e. The number of anilines is 2. The quantitative estimate of drug-likeness (QED) is 0.637. The molecule has 0 amide bonds. The first-order valence-electron chi connectivity index (χ1n) is 7.46. The average molecular weight is 292 g/mol. The van der Waals surface area contributed by atoms with E-state index in [2.05, 4.69) is 61.9 Å². The third-order valence-corrected chi connectivity index (χ3v) is 4.17. The Hall–Kier alpha value is -1.40. The third kappa shape index (κ3) is 3.44. The third-order valence-electron chi connectivity index (χ3n) is 4.17. The average Bonchev–Trinajstić information content (AvgIpc) is 2.40. The number of nitrogens with zero attached hydrogens (tertiary/aromatic N) is 4. The zero-order valence-corrected chi connectivity index (χ0v) is 14.1. The fourth-order valence-electron chi connectivity index (χ4n) is 2.44. The number of nitrogens with one attached hydrogen (secondary N) is 1. The predicted molar refractivity (Wildman–Crippen MR) is 87.5 cm³/mol. The SMILES string of the molecule is CN1CCN(c2cc(NN)nc(C(C)(C)C)n2)CC1(C)C. The second kappa shape index (κ2) is 5.42. The predicted octanol–water partition coefficient (Wildman–Crippen LogP) is 1.59. The highest BCUT2D eigenvalue weighted by Gasteiger charge is 2.32. The van der Waals surface area contributed by atoms with E-state index in [1.54, 1.807) is 0 Å².